The minimum Gasteiger partial charge on any atom is -0.367 e. The molecule has 4 rings (SSSR count). The van der Waals surface area contributed by atoms with Gasteiger partial charge in [0.05, 0.1) is 22.5 Å². The second-order valence-corrected chi connectivity index (χ2v) is 6.89. The number of aryl methyl sites for hydroxylation is 1. The van der Waals surface area contributed by atoms with E-state index in [9.17, 15) is 14.9 Å². The van der Waals surface area contributed by atoms with E-state index in [4.69, 9.17) is 4.52 Å². The monoisotopic (exact) mass is 396 g/mol. The van der Waals surface area contributed by atoms with Crippen molar-refractivity contribution >= 4 is 34.0 Å². The molecule has 3 aromatic rings. The molecule has 1 aliphatic heterocycles. The van der Waals surface area contributed by atoms with Crippen molar-refractivity contribution < 1.29 is 14.2 Å². The first kappa shape index (κ1) is 18.8. The van der Waals surface area contributed by atoms with Crippen molar-refractivity contribution in [3.63, 3.8) is 0 Å². The second-order valence-electron chi connectivity index (χ2n) is 6.89. The van der Waals surface area contributed by atoms with E-state index < -0.39 is 0 Å². The molecule has 1 aromatic carbocycles. The van der Waals surface area contributed by atoms with E-state index >= 15 is 0 Å². The molecule has 0 bridgehead atoms. The number of hydrogen-bond acceptors (Lipinski definition) is 8. The van der Waals surface area contributed by atoms with Crippen LogP contribution in [0.3, 0.4) is 0 Å². The zero-order chi connectivity index (χ0) is 20.4. The lowest BCUT2D eigenvalue weighted by molar-refractivity contribution is -0.383. The van der Waals surface area contributed by atoms with Gasteiger partial charge in [-0.25, -0.2) is 0 Å². The summed E-state index contributed by atoms with van der Waals surface area (Å²) in [6, 6.07) is 8.37. The van der Waals surface area contributed by atoms with E-state index in [0.717, 1.165) is 5.69 Å². The van der Waals surface area contributed by atoms with Gasteiger partial charge in [0.15, 0.2) is 5.82 Å². The van der Waals surface area contributed by atoms with Crippen LogP contribution >= 0.6 is 0 Å². The number of non-ortho nitro benzene ring substituents is 1. The maximum absolute atomic E-state index is 12.2. The molecule has 1 amide bonds. The summed E-state index contributed by atoms with van der Waals surface area (Å²) in [5.74, 6) is 0.904. The summed E-state index contributed by atoms with van der Waals surface area (Å²) in [5.41, 5.74) is 1.54. The summed E-state index contributed by atoms with van der Waals surface area (Å²) < 4.78 is 4.94. The smallest absolute Gasteiger partial charge is 0.278 e. The van der Waals surface area contributed by atoms with Gasteiger partial charge >= 0.3 is 0 Å². The van der Waals surface area contributed by atoms with Gasteiger partial charge in [0.25, 0.3) is 5.69 Å². The molecule has 0 radical (unpaired) electrons. The first-order valence-corrected chi connectivity index (χ1v) is 9.24. The van der Waals surface area contributed by atoms with Crippen molar-refractivity contribution in [3.05, 3.63) is 52.4 Å². The van der Waals surface area contributed by atoms with Crippen LogP contribution in [-0.2, 0) is 4.79 Å². The van der Waals surface area contributed by atoms with Gasteiger partial charge in [0.1, 0.15) is 11.3 Å². The van der Waals surface area contributed by atoms with Crippen molar-refractivity contribution in [2.75, 3.05) is 42.9 Å². The average molecular weight is 396 g/mol. The summed E-state index contributed by atoms with van der Waals surface area (Å²) >= 11 is 0. The number of amides is 1. The second kappa shape index (κ2) is 7.84. The van der Waals surface area contributed by atoms with Gasteiger partial charge in [-0.15, -0.1) is 0 Å². The SMILES string of the molecule is Cc1cc(NC(=O)CN2CCN(c3ccc([N+](=O)[O-])c4cccnc34)CC2)no1. The Balaban J connectivity index is 1.41. The molecule has 0 atom stereocenters. The Morgan fingerprint density at radius 1 is 1.28 bits per heavy atom. The molecule has 10 nitrogen and oxygen atoms in total. The van der Waals surface area contributed by atoms with Crippen LogP contribution in [0.2, 0.25) is 0 Å². The largest absolute Gasteiger partial charge is 0.367 e. The molecule has 1 aliphatic rings. The van der Waals surface area contributed by atoms with Crippen LogP contribution < -0.4 is 10.2 Å². The van der Waals surface area contributed by atoms with E-state index in [1.807, 2.05) is 0 Å². The molecule has 3 heterocycles. The van der Waals surface area contributed by atoms with Gasteiger partial charge in [-0.3, -0.25) is 24.8 Å². The van der Waals surface area contributed by atoms with Crippen molar-refractivity contribution in [1.29, 1.82) is 0 Å². The molecule has 0 unspecified atom stereocenters. The van der Waals surface area contributed by atoms with Crippen molar-refractivity contribution in [2.24, 2.45) is 0 Å². The highest BCUT2D eigenvalue weighted by molar-refractivity contribution is 5.97. The van der Waals surface area contributed by atoms with Crippen molar-refractivity contribution in [1.82, 2.24) is 15.0 Å². The van der Waals surface area contributed by atoms with Gasteiger partial charge in [-0.2, -0.15) is 0 Å². The maximum Gasteiger partial charge on any atom is 0.278 e. The highest BCUT2D eigenvalue weighted by Gasteiger charge is 2.23. The van der Waals surface area contributed by atoms with Gasteiger partial charge < -0.3 is 14.7 Å². The number of carbonyl (C=O) groups is 1. The lowest BCUT2D eigenvalue weighted by Crippen LogP contribution is -2.48. The third-order valence-electron chi connectivity index (χ3n) is 4.90. The number of piperazine rings is 1. The highest BCUT2D eigenvalue weighted by Crippen LogP contribution is 2.32. The van der Waals surface area contributed by atoms with E-state index in [-0.39, 0.29) is 23.1 Å². The van der Waals surface area contributed by atoms with E-state index in [1.165, 1.54) is 6.07 Å². The van der Waals surface area contributed by atoms with Gasteiger partial charge in [-0.1, -0.05) is 5.16 Å². The van der Waals surface area contributed by atoms with Crippen LogP contribution in [0, 0.1) is 17.0 Å². The standard InChI is InChI=1S/C19H20N6O4/c1-13-11-17(22-29-13)21-18(26)12-23-7-9-24(10-8-23)16-5-4-15(25(27)28)14-3-2-6-20-19(14)16/h2-6,11H,7-10,12H2,1H3,(H,21,22,26). The summed E-state index contributed by atoms with van der Waals surface area (Å²) in [4.78, 5) is 31.7. The van der Waals surface area contributed by atoms with Crippen LogP contribution in [0.1, 0.15) is 5.76 Å². The number of hydrogen-bond donors (Lipinski definition) is 1. The normalized spacial score (nSPS) is 14.9. The summed E-state index contributed by atoms with van der Waals surface area (Å²) in [7, 11) is 0. The lowest BCUT2D eigenvalue weighted by Gasteiger charge is -2.35. The van der Waals surface area contributed by atoms with E-state index in [1.54, 1.807) is 37.4 Å². The number of nitro groups is 1. The Hall–Kier alpha value is -3.53. The quantitative estimate of drug-likeness (QED) is 0.515. The zero-order valence-electron chi connectivity index (χ0n) is 15.9. The number of nitrogens with zero attached hydrogens (tertiary/aromatic N) is 5. The fraction of sp³-hybridized carbons (Fsp3) is 0.316. The topological polar surface area (TPSA) is 118 Å². The molecule has 0 spiro atoms. The Kier molecular flexibility index (Phi) is 5.09. The van der Waals surface area contributed by atoms with Gasteiger partial charge in [0, 0.05) is 44.5 Å². The number of fused-ring (bicyclic) bond motifs is 1. The number of pyridine rings is 1. The first-order chi connectivity index (χ1) is 14.0. The molecular weight excluding hydrogens is 376 g/mol. The average Bonchev–Trinajstić information content (AvgIpc) is 3.12. The van der Waals surface area contributed by atoms with Crippen molar-refractivity contribution in [3.8, 4) is 0 Å². The molecular formula is C19H20N6O4. The third-order valence-corrected chi connectivity index (χ3v) is 4.90. The molecule has 0 aliphatic carbocycles. The van der Waals surface area contributed by atoms with E-state index in [2.05, 4.69) is 25.3 Å². The summed E-state index contributed by atoms with van der Waals surface area (Å²) in [5, 5.41) is 18.3. The Morgan fingerprint density at radius 3 is 2.76 bits per heavy atom. The van der Waals surface area contributed by atoms with Gasteiger partial charge in [0.2, 0.25) is 5.91 Å². The Morgan fingerprint density at radius 2 is 2.07 bits per heavy atom. The minimum atomic E-state index is -0.388. The predicted molar refractivity (Wildman–Crippen MR) is 107 cm³/mol. The fourth-order valence-electron chi connectivity index (χ4n) is 3.51. The third kappa shape index (κ3) is 4.02. The minimum absolute atomic E-state index is 0.0512. The fourth-order valence-corrected chi connectivity index (χ4v) is 3.51. The van der Waals surface area contributed by atoms with Crippen molar-refractivity contribution in [2.45, 2.75) is 6.92 Å². The number of nitrogens with one attached hydrogen (secondary N) is 1. The lowest BCUT2D eigenvalue weighted by atomic mass is 10.1. The molecule has 150 valence electrons. The number of benzene rings is 1. The first-order valence-electron chi connectivity index (χ1n) is 9.24. The predicted octanol–water partition coefficient (Wildman–Crippen LogP) is 2.20. The van der Waals surface area contributed by atoms with Crippen LogP contribution in [0.4, 0.5) is 17.2 Å². The Labute approximate surface area is 166 Å². The number of nitro benzene ring substituents is 1. The maximum atomic E-state index is 12.2. The number of carbonyl (C=O) groups excluding carboxylic acids is 1. The van der Waals surface area contributed by atoms with Crippen LogP contribution in [0.15, 0.2) is 41.1 Å². The van der Waals surface area contributed by atoms with Crippen LogP contribution in [0.5, 0.6) is 0 Å². The molecule has 2 aromatic heterocycles. The Bertz CT molecular complexity index is 1060. The van der Waals surface area contributed by atoms with Crippen LogP contribution in [-0.4, -0.2) is 58.6 Å². The molecule has 1 saturated heterocycles. The number of rotatable bonds is 5. The van der Waals surface area contributed by atoms with E-state index in [0.29, 0.717) is 48.7 Å². The number of anilines is 2. The summed E-state index contributed by atoms with van der Waals surface area (Å²) in [6.45, 7) is 4.80. The molecule has 10 heteroatoms. The van der Waals surface area contributed by atoms with Crippen LogP contribution in [0.25, 0.3) is 10.9 Å². The zero-order valence-corrected chi connectivity index (χ0v) is 15.9. The molecule has 1 fully saturated rings. The molecule has 1 N–H and O–H groups in total. The highest BCUT2D eigenvalue weighted by atomic mass is 16.6. The molecule has 0 saturated carbocycles. The van der Waals surface area contributed by atoms with Gasteiger partial charge in [-0.05, 0) is 25.1 Å². The number of aromatic nitrogens is 2. The molecule has 29 heavy (non-hydrogen) atoms. The summed E-state index contributed by atoms with van der Waals surface area (Å²) in [6.07, 6.45) is 1.64.